The first kappa shape index (κ1) is 13.3. The van der Waals surface area contributed by atoms with E-state index in [1.165, 1.54) is 16.7 Å². The number of rotatable bonds is 4. The minimum atomic E-state index is -0.635. The molecule has 1 aromatic rings. The Morgan fingerprint density at radius 3 is 2.22 bits per heavy atom. The summed E-state index contributed by atoms with van der Waals surface area (Å²) in [5, 5.41) is 0. The highest BCUT2D eigenvalue weighted by atomic mass is 16.1. The van der Waals surface area contributed by atoms with Crippen LogP contribution in [0.15, 0.2) is 12.1 Å². The van der Waals surface area contributed by atoms with E-state index in [9.17, 15) is 4.79 Å². The van der Waals surface area contributed by atoms with Crippen molar-refractivity contribution in [2.45, 2.75) is 52.5 Å². The fraction of sp³-hybridized carbons (Fsp3) is 0.562. The van der Waals surface area contributed by atoms with Gasteiger partial charge in [-0.3, -0.25) is 4.79 Å². The maximum Gasteiger partial charge on any atom is 0.157 e. The molecule has 0 bridgehead atoms. The Hall–Kier alpha value is -1.15. The lowest BCUT2D eigenvalue weighted by molar-refractivity contribution is -0.123. The van der Waals surface area contributed by atoms with E-state index in [2.05, 4.69) is 32.9 Å². The standard InChI is InChI=1S/C16H23NO/c1-10-7-11(2)14(12(3)8-10)9-15(18)16(4,17)13-5-6-13/h7-8,13H,5-6,9,17H2,1-4H3. The SMILES string of the molecule is Cc1cc(C)c(CC(=O)C(C)(N)C2CC2)c(C)c1. The van der Waals surface area contributed by atoms with Crippen molar-refractivity contribution in [3.05, 3.63) is 34.4 Å². The van der Waals surface area contributed by atoms with Crippen molar-refractivity contribution in [3.8, 4) is 0 Å². The number of ketones is 1. The summed E-state index contributed by atoms with van der Waals surface area (Å²) in [6, 6.07) is 4.28. The predicted molar refractivity (Wildman–Crippen MR) is 74.7 cm³/mol. The van der Waals surface area contributed by atoms with Crippen LogP contribution in [0.1, 0.15) is 42.0 Å². The second-order valence-electron chi connectivity index (χ2n) is 6.03. The summed E-state index contributed by atoms with van der Waals surface area (Å²) >= 11 is 0. The van der Waals surface area contributed by atoms with Crippen LogP contribution in [0.4, 0.5) is 0 Å². The Morgan fingerprint density at radius 1 is 1.28 bits per heavy atom. The molecule has 0 aromatic heterocycles. The summed E-state index contributed by atoms with van der Waals surface area (Å²) in [5.74, 6) is 0.580. The molecule has 2 rings (SSSR count). The molecular weight excluding hydrogens is 222 g/mol. The van der Waals surface area contributed by atoms with E-state index in [0.29, 0.717) is 12.3 Å². The van der Waals surface area contributed by atoms with Gasteiger partial charge in [-0.1, -0.05) is 17.7 Å². The van der Waals surface area contributed by atoms with E-state index >= 15 is 0 Å². The van der Waals surface area contributed by atoms with Gasteiger partial charge in [0.25, 0.3) is 0 Å². The molecule has 1 unspecified atom stereocenters. The third-order valence-electron chi connectivity index (χ3n) is 4.20. The average Bonchev–Trinajstić information content (AvgIpc) is 3.06. The minimum absolute atomic E-state index is 0.181. The lowest BCUT2D eigenvalue weighted by Gasteiger charge is -2.23. The summed E-state index contributed by atoms with van der Waals surface area (Å²) in [6.07, 6.45) is 2.68. The number of aryl methyl sites for hydroxylation is 3. The second kappa shape index (κ2) is 4.51. The van der Waals surface area contributed by atoms with E-state index in [1.54, 1.807) is 0 Å². The van der Waals surface area contributed by atoms with Crippen LogP contribution in [0.25, 0.3) is 0 Å². The van der Waals surface area contributed by atoms with E-state index in [0.717, 1.165) is 18.4 Å². The van der Waals surface area contributed by atoms with E-state index in [1.807, 2.05) is 6.92 Å². The van der Waals surface area contributed by atoms with Crippen LogP contribution >= 0.6 is 0 Å². The van der Waals surface area contributed by atoms with Gasteiger partial charge in [0.2, 0.25) is 0 Å². The molecule has 98 valence electrons. The molecule has 2 heteroatoms. The normalized spacial score (nSPS) is 18.5. The average molecular weight is 245 g/mol. The Labute approximate surface area is 110 Å². The summed E-state index contributed by atoms with van der Waals surface area (Å²) in [5.41, 5.74) is 10.4. The number of carbonyl (C=O) groups excluding carboxylic acids is 1. The molecule has 2 nitrogen and oxygen atoms in total. The lowest BCUT2D eigenvalue weighted by atomic mass is 9.85. The molecule has 1 saturated carbocycles. The molecule has 0 spiro atoms. The molecule has 2 N–H and O–H groups in total. The lowest BCUT2D eigenvalue weighted by Crippen LogP contribution is -2.48. The second-order valence-corrected chi connectivity index (χ2v) is 6.03. The van der Waals surface area contributed by atoms with Crippen molar-refractivity contribution >= 4 is 5.78 Å². The van der Waals surface area contributed by atoms with Crippen molar-refractivity contribution in [1.29, 1.82) is 0 Å². The maximum atomic E-state index is 12.4. The third kappa shape index (κ3) is 2.49. The molecule has 1 aromatic carbocycles. The fourth-order valence-corrected chi connectivity index (χ4v) is 2.75. The van der Waals surface area contributed by atoms with E-state index in [4.69, 9.17) is 5.73 Å². The Balaban J connectivity index is 2.21. The van der Waals surface area contributed by atoms with E-state index < -0.39 is 5.54 Å². The minimum Gasteiger partial charge on any atom is -0.319 e. The molecule has 0 saturated heterocycles. The zero-order valence-electron chi connectivity index (χ0n) is 11.8. The van der Waals surface area contributed by atoms with Gasteiger partial charge in [-0.2, -0.15) is 0 Å². The van der Waals surface area contributed by atoms with Gasteiger partial charge in [0, 0.05) is 6.42 Å². The highest BCUT2D eigenvalue weighted by molar-refractivity contribution is 5.90. The summed E-state index contributed by atoms with van der Waals surface area (Å²) < 4.78 is 0. The number of benzene rings is 1. The van der Waals surface area contributed by atoms with Gasteiger partial charge in [0.15, 0.2) is 5.78 Å². The number of Topliss-reactive ketones (excluding diaryl/α,β-unsaturated/α-hetero) is 1. The van der Waals surface area contributed by atoms with Crippen LogP contribution in [0.2, 0.25) is 0 Å². The topological polar surface area (TPSA) is 43.1 Å². The largest absolute Gasteiger partial charge is 0.319 e. The Kier molecular flexibility index (Phi) is 3.33. The number of hydrogen-bond donors (Lipinski definition) is 1. The first-order valence-electron chi connectivity index (χ1n) is 6.71. The quantitative estimate of drug-likeness (QED) is 0.886. The van der Waals surface area contributed by atoms with E-state index in [-0.39, 0.29) is 5.78 Å². The van der Waals surface area contributed by atoms with Gasteiger partial charge < -0.3 is 5.73 Å². The monoisotopic (exact) mass is 245 g/mol. The van der Waals surface area contributed by atoms with Crippen LogP contribution in [-0.2, 0) is 11.2 Å². The smallest absolute Gasteiger partial charge is 0.157 e. The summed E-state index contributed by atoms with van der Waals surface area (Å²) in [4.78, 5) is 12.4. The zero-order valence-corrected chi connectivity index (χ0v) is 11.8. The van der Waals surface area contributed by atoms with Gasteiger partial charge >= 0.3 is 0 Å². The van der Waals surface area contributed by atoms with Gasteiger partial charge in [-0.15, -0.1) is 0 Å². The van der Waals surface area contributed by atoms with Crippen molar-refractivity contribution in [2.75, 3.05) is 0 Å². The Bertz CT molecular complexity index is 461. The summed E-state index contributed by atoms with van der Waals surface area (Å²) in [7, 11) is 0. The number of nitrogens with two attached hydrogens (primary N) is 1. The molecule has 18 heavy (non-hydrogen) atoms. The van der Waals surface area contributed by atoms with Gasteiger partial charge in [0.1, 0.15) is 0 Å². The molecule has 0 amide bonds. The van der Waals surface area contributed by atoms with Crippen molar-refractivity contribution in [2.24, 2.45) is 11.7 Å². The van der Waals surface area contributed by atoms with Crippen LogP contribution < -0.4 is 5.73 Å². The van der Waals surface area contributed by atoms with Crippen LogP contribution in [-0.4, -0.2) is 11.3 Å². The van der Waals surface area contributed by atoms with Gasteiger partial charge in [0.05, 0.1) is 5.54 Å². The first-order chi connectivity index (χ1) is 8.32. The number of hydrogen-bond acceptors (Lipinski definition) is 2. The predicted octanol–water partition coefficient (Wildman–Crippen LogP) is 2.85. The van der Waals surface area contributed by atoms with Crippen LogP contribution in [0, 0.1) is 26.7 Å². The highest BCUT2D eigenvalue weighted by Crippen LogP contribution is 2.39. The number of carbonyl (C=O) groups is 1. The van der Waals surface area contributed by atoms with Crippen LogP contribution in [0.3, 0.4) is 0 Å². The molecule has 1 aliphatic carbocycles. The van der Waals surface area contributed by atoms with Crippen molar-refractivity contribution in [1.82, 2.24) is 0 Å². The molecule has 1 aliphatic rings. The molecular formula is C16H23NO. The molecule has 0 aliphatic heterocycles. The molecule has 1 atom stereocenters. The third-order valence-corrected chi connectivity index (χ3v) is 4.20. The maximum absolute atomic E-state index is 12.4. The molecule has 1 fully saturated rings. The van der Waals surface area contributed by atoms with Crippen molar-refractivity contribution < 1.29 is 4.79 Å². The molecule has 0 radical (unpaired) electrons. The summed E-state index contributed by atoms with van der Waals surface area (Å²) in [6.45, 7) is 8.13. The van der Waals surface area contributed by atoms with Gasteiger partial charge in [-0.05, 0) is 63.1 Å². The molecule has 0 heterocycles. The van der Waals surface area contributed by atoms with Gasteiger partial charge in [-0.25, -0.2) is 0 Å². The zero-order chi connectivity index (χ0) is 13.5. The van der Waals surface area contributed by atoms with Crippen molar-refractivity contribution in [3.63, 3.8) is 0 Å². The highest BCUT2D eigenvalue weighted by Gasteiger charge is 2.43. The van der Waals surface area contributed by atoms with Crippen LogP contribution in [0.5, 0.6) is 0 Å². The first-order valence-corrected chi connectivity index (χ1v) is 6.71. The Morgan fingerprint density at radius 2 is 1.78 bits per heavy atom. The fourth-order valence-electron chi connectivity index (χ4n) is 2.75.